The first-order chi connectivity index (χ1) is 14.3. The molecule has 154 valence electrons. The van der Waals surface area contributed by atoms with Gasteiger partial charge in [0.1, 0.15) is 11.5 Å². The highest BCUT2D eigenvalue weighted by Crippen LogP contribution is 2.22. The minimum Gasteiger partial charge on any atom is -0.465 e. The van der Waals surface area contributed by atoms with Gasteiger partial charge in [-0.1, -0.05) is 12.1 Å². The number of Topliss-reactive ketones (excluding diaryl/α,β-unsaturated/α-hetero) is 1. The van der Waals surface area contributed by atoms with E-state index in [9.17, 15) is 4.79 Å². The van der Waals surface area contributed by atoms with Gasteiger partial charge in [0.15, 0.2) is 18.4 Å². The number of ketones is 1. The molecule has 0 aromatic heterocycles. The Bertz CT molecular complexity index is 772. The van der Waals surface area contributed by atoms with Crippen molar-refractivity contribution in [3.63, 3.8) is 0 Å². The number of ether oxygens (including phenoxy) is 4. The van der Waals surface area contributed by atoms with E-state index < -0.39 is 0 Å². The van der Waals surface area contributed by atoms with Gasteiger partial charge in [0, 0.05) is 24.8 Å². The van der Waals surface area contributed by atoms with E-state index in [0.717, 1.165) is 68.8 Å². The van der Waals surface area contributed by atoms with Crippen LogP contribution in [0.3, 0.4) is 0 Å². The third-order valence-electron chi connectivity index (χ3n) is 5.28. The molecule has 0 N–H and O–H groups in total. The van der Waals surface area contributed by atoms with Gasteiger partial charge in [-0.2, -0.15) is 0 Å². The van der Waals surface area contributed by atoms with Crippen molar-refractivity contribution in [2.75, 3.05) is 13.2 Å². The van der Waals surface area contributed by atoms with Crippen LogP contribution in [0.15, 0.2) is 48.5 Å². The van der Waals surface area contributed by atoms with Crippen LogP contribution in [-0.2, 0) is 15.9 Å². The number of carbonyl (C=O) groups excluding carboxylic acids is 1. The van der Waals surface area contributed by atoms with Crippen LogP contribution in [0.5, 0.6) is 11.5 Å². The third-order valence-corrected chi connectivity index (χ3v) is 5.28. The molecule has 0 aliphatic carbocycles. The summed E-state index contributed by atoms with van der Waals surface area (Å²) in [5.74, 6) is 1.59. The monoisotopic (exact) mass is 396 g/mol. The van der Waals surface area contributed by atoms with Crippen LogP contribution >= 0.6 is 0 Å². The van der Waals surface area contributed by atoms with Crippen molar-refractivity contribution in [2.45, 2.75) is 57.5 Å². The normalized spacial score (nSPS) is 22.1. The third kappa shape index (κ3) is 5.81. The summed E-state index contributed by atoms with van der Waals surface area (Å²) in [5.41, 5.74) is 1.64. The summed E-state index contributed by atoms with van der Waals surface area (Å²) in [6.07, 6.45) is 6.30. The molecule has 2 fully saturated rings. The lowest BCUT2D eigenvalue weighted by Gasteiger charge is -2.23. The largest absolute Gasteiger partial charge is 0.465 e. The van der Waals surface area contributed by atoms with Gasteiger partial charge in [0.25, 0.3) is 0 Å². The number of hydrogen-bond acceptors (Lipinski definition) is 5. The first-order valence-corrected chi connectivity index (χ1v) is 10.5. The maximum Gasteiger partial charge on any atom is 0.199 e. The van der Waals surface area contributed by atoms with Crippen molar-refractivity contribution < 1.29 is 23.7 Å². The van der Waals surface area contributed by atoms with Crippen LogP contribution in [0, 0.1) is 0 Å². The van der Waals surface area contributed by atoms with Crippen molar-refractivity contribution >= 4 is 5.78 Å². The smallest absolute Gasteiger partial charge is 0.199 e. The van der Waals surface area contributed by atoms with Gasteiger partial charge in [-0.15, -0.1) is 0 Å². The molecule has 2 aliphatic heterocycles. The minimum absolute atomic E-state index is 0.0785. The average Bonchev–Trinajstić information content (AvgIpc) is 2.77. The predicted molar refractivity (Wildman–Crippen MR) is 109 cm³/mol. The van der Waals surface area contributed by atoms with E-state index in [1.54, 1.807) is 0 Å². The van der Waals surface area contributed by atoms with Crippen LogP contribution in [0.1, 0.15) is 54.4 Å². The van der Waals surface area contributed by atoms with Crippen molar-refractivity contribution in [2.24, 2.45) is 0 Å². The summed E-state index contributed by atoms with van der Waals surface area (Å²) >= 11 is 0. The summed E-state index contributed by atoms with van der Waals surface area (Å²) in [6.45, 7) is 1.51. The second kappa shape index (κ2) is 9.90. The summed E-state index contributed by atoms with van der Waals surface area (Å²) in [4.78, 5) is 12.6. The Labute approximate surface area is 171 Å². The van der Waals surface area contributed by atoms with Gasteiger partial charge in [0.2, 0.25) is 0 Å². The molecule has 2 heterocycles. The van der Waals surface area contributed by atoms with Crippen molar-refractivity contribution in [3.05, 3.63) is 59.7 Å². The Balaban J connectivity index is 1.29. The topological polar surface area (TPSA) is 54.0 Å². The number of carbonyl (C=O) groups is 1. The molecular weight excluding hydrogens is 368 g/mol. The Hall–Kier alpha value is -2.37. The van der Waals surface area contributed by atoms with Gasteiger partial charge >= 0.3 is 0 Å². The lowest BCUT2D eigenvalue weighted by Crippen LogP contribution is -2.25. The molecule has 2 aromatic carbocycles. The zero-order chi connectivity index (χ0) is 19.9. The Kier molecular flexibility index (Phi) is 6.80. The highest BCUT2D eigenvalue weighted by Gasteiger charge is 2.16. The van der Waals surface area contributed by atoms with E-state index in [-0.39, 0.29) is 18.4 Å². The Morgan fingerprint density at radius 2 is 1.28 bits per heavy atom. The highest BCUT2D eigenvalue weighted by molar-refractivity contribution is 5.97. The first kappa shape index (κ1) is 19.9. The quantitative estimate of drug-likeness (QED) is 0.622. The second-order valence-corrected chi connectivity index (χ2v) is 7.60. The molecule has 4 rings (SSSR count). The standard InChI is InChI=1S/C24H28O5/c25-22(19-9-13-21(14-10-19)29-24-6-2-4-16-27-24)17-18-7-11-20(12-8-18)28-23-5-1-3-15-26-23/h7-14,23-24H,1-6,15-17H2. The molecule has 2 aromatic rings. The zero-order valence-corrected chi connectivity index (χ0v) is 16.7. The van der Waals surface area contributed by atoms with Gasteiger partial charge in [-0.3, -0.25) is 4.79 Å². The summed E-state index contributed by atoms with van der Waals surface area (Å²) in [5, 5.41) is 0. The highest BCUT2D eigenvalue weighted by atomic mass is 16.7. The van der Waals surface area contributed by atoms with Crippen LogP contribution in [0.4, 0.5) is 0 Å². The van der Waals surface area contributed by atoms with E-state index in [0.29, 0.717) is 12.0 Å². The molecule has 0 saturated carbocycles. The van der Waals surface area contributed by atoms with Crippen molar-refractivity contribution in [1.29, 1.82) is 0 Å². The molecule has 2 aliphatic rings. The fraction of sp³-hybridized carbons (Fsp3) is 0.458. The van der Waals surface area contributed by atoms with Crippen LogP contribution < -0.4 is 9.47 Å². The molecule has 2 saturated heterocycles. The maximum absolute atomic E-state index is 12.6. The lowest BCUT2D eigenvalue weighted by atomic mass is 10.0. The molecule has 2 unspecified atom stereocenters. The van der Waals surface area contributed by atoms with Crippen LogP contribution in [-0.4, -0.2) is 31.6 Å². The number of hydrogen-bond donors (Lipinski definition) is 0. The van der Waals surface area contributed by atoms with Crippen LogP contribution in [0.2, 0.25) is 0 Å². The van der Waals surface area contributed by atoms with E-state index in [1.165, 1.54) is 0 Å². The van der Waals surface area contributed by atoms with E-state index in [4.69, 9.17) is 18.9 Å². The minimum atomic E-state index is -0.176. The summed E-state index contributed by atoms with van der Waals surface area (Å²) < 4.78 is 22.9. The molecule has 0 spiro atoms. The molecule has 5 heteroatoms. The lowest BCUT2D eigenvalue weighted by molar-refractivity contribution is -0.106. The van der Waals surface area contributed by atoms with Gasteiger partial charge < -0.3 is 18.9 Å². The van der Waals surface area contributed by atoms with E-state index >= 15 is 0 Å². The molecule has 0 amide bonds. The van der Waals surface area contributed by atoms with Crippen molar-refractivity contribution in [3.8, 4) is 11.5 Å². The van der Waals surface area contributed by atoms with E-state index in [2.05, 4.69) is 0 Å². The maximum atomic E-state index is 12.6. The number of rotatable bonds is 7. The average molecular weight is 396 g/mol. The number of benzene rings is 2. The molecule has 29 heavy (non-hydrogen) atoms. The Morgan fingerprint density at radius 3 is 1.76 bits per heavy atom. The second-order valence-electron chi connectivity index (χ2n) is 7.60. The molecular formula is C24H28O5. The van der Waals surface area contributed by atoms with Crippen molar-refractivity contribution in [1.82, 2.24) is 0 Å². The zero-order valence-electron chi connectivity index (χ0n) is 16.7. The summed E-state index contributed by atoms with van der Waals surface area (Å²) in [6, 6.07) is 15.0. The predicted octanol–water partition coefficient (Wildman–Crippen LogP) is 4.92. The summed E-state index contributed by atoms with van der Waals surface area (Å²) in [7, 11) is 0. The fourth-order valence-corrected chi connectivity index (χ4v) is 3.60. The molecule has 0 radical (unpaired) electrons. The molecule has 0 bridgehead atoms. The van der Waals surface area contributed by atoms with Crippen LogP contribution in [0.25, 0.3) is 0 Å². The molecule has 5 nitrogen and oxygen atoms in total. The van der Waals surface area contributed by atoms with Gasteiger partial charge in [-0.25, -0.2) is 0 Å². The SMILES string of the molecule is O=C(Cc1ccc(OC2CCCCO2)cc1)c1ccc(OC2CCCCO2)cc1. The van der Waals surface area contributed by atoms with Gasteiger partial charge in [-0.05, 0) is 67.6 Å². The molecule has 2 atom stereocenters. The Morgan fingerprint density at radius 1 is 0.759 bits per heavy atom. The van der Waals surface area contributed by atoms with Gasteiger partial charge in [0.05, 0.1) is 13.2 Å². The van der Waals surface area contributed by atoms with E-state index in [1.807, 2.05) is 48.5 Å². The fourth-order valence-electron chi connectivity index (χ4n) is 3.60. The first-order valence-electron chi connectivity index (χ1n) is 10.5.